The number of nitro groups is 1. The largest absolute Gasteiger partial charge is 0.378 e. The Kier molecular flexibility index (Phi) is 9.56. The molecule has 0 saturated heterocycles. The van der Waals surface area contributed by atoms with E-state index in [9.17, 15) is 10.1 Å². The van der Waals surface area contributed by atoms with Crippen LogP contribution < -0.4 is 10.6 Å². The fraction of sp³-hybridized carbons (Fsp3) is 0.353. The molecule has 2 N–H and O–H groups in total. The number of hydrogen-bond acceptors (Lipinski definition) is 4. The molecule has 1 aromatic heterocycles. The average molecular weight is 551 g/mol. The van der Waals surface area contributed by atoms with Gasteiger partial charge in [0.2, 0.25) is 0 Å². The number of anilines is 1. The Hall–Kier alpha value is -1.82. The first-order valence-corrected chi connectivity index (χ1v) is 8.91. The van der Waals surface area contributed by atoms with Gasteiger partial charge in [0.1, 0.15) is 5.69 Å². The SMILES string of the molecule is CN=C(NCCNc1ccccc1[N+](=O)[O-])N(C)Cc1cc(Br)cn1C.I. The van der Waals surface area contributed by atoms with E-state index in [1.807, 2.05) is 25.2 Å². The van der Waals surface area contributed by atoms with Crippen molar-refractivity contribution in [3.05, 3.63) is 56.8 Å². The molecule has 0 amide bonds. The van der Waals surface area contributed by atoms with E-state index >= 15 is 0 Å². The third kappa shape index (κ3) is 6.69. The highest BCUT2D eigenvalue weighted by molar-refractivity contribution is 14.0. The molecule has 0 aliphatic carbocycles. The van der Waals surface area contributed by atoms with Gasteiger partial charge in [0.25, 0.3) is 5.69 Å². The van der Waals surface area contributed by atoms with Crippen LogP contribution in [0, 0.1) is 10.1 Å². The van der Waals surface area contributed by atoms with Crippen molar-refractivity contribution in [1.82, 2.24) is 14.8 Å². The predicted molar refractivity (Wildman–Crippen MR) is 123 cm³/mol. The molecule has 0 radical (unpaired) electrons. The minimum Gasteiger partial charge on any atom is -0.378 e. The number of rotatable bonds is 7. The normalized spacial score (nSPS) is 10.9. The van der Waals surface area contributed by atoms with Gasteiger partial charge in [-0.25, -0.2) is 0 Å². The third-order valence-electron chi connectivity index (χ3n) is 3.87. The van der Waals surface area contributed by atoms with Crippen LogP contribution in [0.25, 0.3) is 0 Å². The molecule has 2 rings (SSSR count). The molecule has 8 nitrogen and oxygen atoms in total. The van der Waals surface area contributed by atoms with Crippen LogP contribution in [0.3, 0.4) is 0 Å². The van der Waals surface area contributed by atoms with Crippen molar-refractivity contribution < 1.29 is 4.92 Å². The molecule has 2 aromatic rings. The smallest absolute Gasteiger partial charge is 0.292 e. The number of aromatic nitrogens is 1. The number of aryl methyl sites for hydroxylation is 1. The Labute approximate surface area is 184 Å². The lowest BCUT2D eigenvalue weighted by Gasteiger charge is -2.22. The second kappa shape index (κ2) is 11.1. The lowest BCUT2D eigenvalue weighted by atomic mass is 10.2. The Morgan fingerprint density at radius 3 is 2.67 bits per heavy atom. The standard InChI is InChI=1S/C17H23BrN6O2.HI/c1-19-17(23(3)12-14-10-13(18)11-22(14)2)21-9-8-20-15-6-4-5-7-16(15)24(25)26;/h4-7,10-11,20H,8-9,12H2,1-3H3,(H,19,21);1H. The third-order valence-corrected chi connectivity index (χ3v) is 4.31. The summed E-state index contributed by atoms with van der Waals surface area (Å²) in [5, 5.41) is 17.4. The molecule has 148 valence electrons. The first kappa shape index (κ1) is 23.2. The number of hydrogen-bond donors (Lipinski definition) is 2. The van der Waals surface area contributed by atoms with Crippen LogP contribution in [0.15, 0.2) is 46.0 Å². The summed E-state index contributed by atoms with van der Waals surface area (Å²) in [5.74, 6) is 0.756. The average Bonchev–Trinajstić information content (AvgIpc) is 2.92. The number of nitrogens with one attached hydrogen (secondary N) is 2. The van der Waals surface area contributed by atoms with E-state index < -0.39 is 0 Å². The van der Waals surface area contributed by atoms with Crippen LogP contribution in [0.1, 0.15) is 5.69 Å². The Balaban J connectivity index is 0.00000364. The number of halogens is 2. The lowest BCUT2D eigenvalue weighted by molar-refractivity contribution is -0.384. The van der Waals surface area contributed by atoms with Gasteiger partial charge in [-0.05, 0) is 28.1 Å². The van der Waals surface area contributed by atoms with Crippen molar-refractivity contribution in [2.45, 2.75) is 6.54 Å². The van der Waals surface area contributed by atoms with Crippen molar-refractivity contribution in [3.8, 4) is 0 Å². The maximum Gasteiger partial charge on any atom is 0.292 e. The maximum atomic E-state index is 11.0. The van der Waals surface area contributed by atoms with Crippen molar-refractivity contribution in [3.63, 3.8) is 0 Å². The summed E-state index contributed by atoms with van der Waals surface area (Å²) in [6, 6.07) is 8.68. The van der Waals surface area contributed by atoms with Crippen molar-refractivity contribution >= 4 is 57.2 Å². The predicted octanol–water partition coefficient (Wildman–Crippen LogP) is 3.43. The van der Waals surface area contributed by atoms with Crippen LogP contribution in [0.4, 0.5) is 11.4 Å². The summed E-state index contributed by atoms with van der Waals surface area (Å²) in [6.45, 7) is 1.83. The summed E-state index contributed by atoms with van der Waals surface area (Å²) in [7, 11) is 5.70. The van der Waals surface area contributed by atoms with E-state index in [1.165, 1.54) is 6.07 Å². The zero-order valence-corrected chi connectivity index (χ0v) is 19.4. The first-order chi connectivity index (χ1) is 12.4. The molecule has 0 aliphatic rings. The van der Waals surface area contributed by atoms with Gasteiger partial charge in [0, 0.05) is 56.7 Å². The van der Waals surface area contributed by atoms with Crippen LogP contribution in [0.2, 0.25) is 0 Å². The van der Waals surface area contributed by atoms with Gasteiger partial charge in [0.15, 0.2) is 5.96 Å². The van der Waals surface area contributed by atoms with Gasteiger partial charge in [-0.1, -0.05) is 12.1 Å². The van der Waals surface area contributed by atoms with Gasteiger partial charge in [-0.3, -0.25) is 15.1 Å². The van der Waals surface area contributed by atoms with E-state index in [2.05, 4.69) is 42.2 Å². The van der Waals surface area contributed by atoms with Gasteiger partial charge in [0.05, 0.1) is 11.5 Å². The fourth-order valence-electron chi connectivity index (χ4n) is 2.58. The van der Waals surface area contributed by atoms with Crippen molar-refractivity contribution in [2.24, 2.45) is 12.0 Å². The van der Waals surface area contributed by atoms with Crippen molar-refractivity contribution in [2.75, 3.05) is 32.5 Å². The number of para-hydroxylation sites is 2. The van der Waals surface area contributed by atoms with Gasteiger partial charge >= 0.3 is 0 Å². The Bertz CT molecular complexity index is 795. The quantitative estimate of drug-likeness (QED) is 0.138. The molecule has 0 aliphatic heterocycles. The number of benzene rings is 1. The Morgan fingerprint density at radius 2 is 2.07 bits per heavy atom. The highest BCUT2D eigenvalue weighted by Crippen LogP contribution is 2.22. The minimum atomic E-state index is -0.388. The maximum absolute atomic E-state index is 11.0. The molecule has 0 unspecified atom stereocenters. The van der Waals surface area contributed by atoms with E-state index in [1.54, 1.807) is 25.2 Å². The van der Waals surface area contributed by atoms with Crippen LogP contribution in [-0.2, 0) is 13.6 Å². The molecule has 0 spiro atoms. The van der Waals surface area contributed by atoms with E-state index in [4.69, 9.17) is 0 Å². The number of nitrogens with zero attached hydrogens (tertiary/aromatic N) is 4. The van der Waals surface area contributed by atoms with Crippen LogP contribution >= 0.6 is 39.9 Å². The highest BCUT2D eigenvalue weighted by Gasteiger charge is 2.12. The fourth-order valence-corrected chi connectivity index (χ4v) is 3.15. The highest BCUT2D eigenvalue weighted by atomic mass is 127. The molecular weight excluding hydrogens is 527 g/mol. The molecule has 1 heterocycles. The summed E-state index contributed by atoms with van der Waals surface area (Å²) in [6.07, 6.45) is 2.01. The topological polar surface area (TPSA) is 87.7 Å². The van der Waals surface area contributed by atoms with Gasteiger partial charge in [-0.2, -0.15) is 0 Å². The number of aliphatic imine (C=N–C) groups is 1. The van der Waals surface area contributed by atoms with Crippen molar-refractivity contribution in [1.29, 1.82) is 0 Å². The van der Waals surface area contributed by atoms with E-state index in [0.717, 1.165) is 16.1 Å². The molecule has 0 atom stereocenters. The second-order valence-corrected chi connectivity index (χ2v) is 6.71. The monoisotopic (exact) mass is 550 g/mol. The second-order valence-electron chi connectivity index (χ2n) is 5.79. The van der Waals surface area contributed by atoms with Gasteiger partial charge < -0.3 is 20.1 Å². The first-order valence-electron chi connectivity index (χ1n) is 8.12. The summed E-state index contributed by atoms with van der Waals surface area (Å²) >= 11 is 3.47. The molecule has 27 heavy (non-hydrogen) atoms. The zero-order chi connectivity index (χ0) is 19.1. The van der Waals surface area contributed by atoms with Gasteiger partial charge in [-0.15, -0.1) is 24.0 Å². The summed E-state index contributed by atoms with van der Waals surface area (Å²) in [4.78, 5) is 16.9. The minimum absolute atomic E-state index is 0. The summed E-state index contributed by atoms with van der Waals surface area (Å²) < 4.78 is 3.10. The Morgan fingerprint density at radius 1 is 1.37 bits per heavy atom. The number of nitro benzene ring substituents is 1. The van der Waals surface area contributed by atoms with Crippen LogP contribution in [0.5, 0.6) is 0 Å². The molecule has 0 bridgehead atoms. The number of guanidine groups is 1. The molecular formula is C17H24BrIN6O2. The summed E-state index contributed by atoms with van der Waals surface area (Å²) in [5.41, 5.74) is 1.74. The zero-order valence-electron chi connectivity index (χ0n) is 15.5. The lowest BCUT2D eigenvalue weighted by Crippen LogP contribution is -2.40. The van der Waals surface area contributed by atoms with E-state index in [0.29, 0.717) is 25.3 Å². The van der Waals surface area contributed by atoms with Crippen LogP contribution in [-0.4, -0.2) is 47.5 Å². The molecule has 10 heteroatoms. The van der Waals surface area contributed by atoms with E-state index in [-0.39, 0.29) is 34.6 Å². The molecule has 0 fully saturated rings. The molecule has 1 aromatic carbocycles. The molecule has 0 saturated carbocycles.